The van der Waals surface area contributed by atoms with Crippen LogP contribution in [0, 0.1) is 5.82 Å². The molecule has 1 atom stereocenters. The van der Waals surface area contributed by atoms with Gasteiger partial charge in [0.1, 0.15) is 5.82 Å². The molecular weight excluding hydrogens is 365 g/mol. The largest absolute Gasteiger partial charge is 0.372 e. The zero-order valence-corrected chi connectivity index (χ0v) is 15.9. The Morgan fingerprint density at radius 1 is 1.22 bits per heavy atom. The van der Waals surface area contributed by atoms with Gasteiger partial charge in [-0.05, 0) is 30.7 Å². The molecule has 2 N–H and O–H groups in total. The first-order valence-corrected chi connectivity index (χ1v) is 9.71. The Hall–Kier alpha value is -2.54. The maximum atomic E-state index is 13.7. The van der Waals surface area contributed by atoms with Gasteiger partial charge in [-0.1, -0.05) is 24.3 Å². The number of amides is 2. The molecule has 0 radical (unpaired) electrons. The van der Waals surface area contributed by atoms with E-state index in [4.69, 9.17) is 0 Å². The summed E-state index contributed by atoms with van der Waals surface area (Å²) in [4.78, 5) is 27.1. The zero-order valence-electron chi connectivity index (χ0n) is 15.1. The first kappa shape index (κ1) is 19.2. The van der Waals surface area contributed by atoms with E-state index in [2.05, 4.69) is 10.6 Å². The number of fused-ring (bicyclic) bond motifs is 1. The SMILES string of the molecule is CN(CCCNC(=O)CC1Sc2ccccc2NC1=O)c1ccccc1F. The van der Waals surface area contributed by atoms with Crippen molar-refractivity contribution in [1.82, 2.24) is 5.32 Å². The third-order valence-electron chi connectivity index (χ3n) is 4.33. The van der Waals surface area contributed by atoms with Gasteiger partial charge in [0.15, 0.2) is 0 Å². The van der Waals surface area contributed by atoms with Gasteiger partial charge in [0.05, 0.1) is 16.6 Å². The molecule has 5 nitrogen and oxygen atoms in total. The fourth-order valence-electron chi connectivity index (χ4n) is 2.89. The summed E-state index contributed by atoms with van der Waals surface area (Å²) in [5, 5.41) is 5.25. The number of thioether (sulfide) groups is 1. The number of nitrogens with one attached hydrogen (secondary N) is 2. The van der Waals surface area contributed by atoms with E-state index in [0.29, 0.717) is 25.2 Å². The van der Waals surface area contributed by atoms with Gasteiger partial charge in [-0.2, -0.15) is 0 Å². The van der Waals surface area contributed by atoms with Crippen molar-refractivity contribution in [3.05, 3.63) is 54.3 Å². The lowest BCUT2D eigenvalue weighted by Gasteiger charge is -2.23. The minimum Gasteiger partial charge on any atom is -0.372 e. The zero-order chi connectivity index (χ0) is 19.2. The third-order valence-corrected chi connectivity index (χ3v) is 5.61. The average molecular weight is 387 g/mol. The number of benzene rings is 2. The molecule has 0 spiro atoms. The van der Waals surface area contributed by atoms with Crippen LogP contribution in [0.3, 0.4) is 0 Å². The average Bonchev–Trinajstić information content (AvgIpc) is 2.66. The summed E-state index contributed by atoms with van der Waals surface area (Å²) in [7, 11) is 1.82. The van der Waals surface area contributed by atoms with Gasteiger partial charge >= 0.3 is 0 Å². The van der Waals surface area contributed by atoms with Crippen LogP contribution >= 0.6 is 11.8 Å². The lowest BCUT2D eigenvalue weighted by molar-refractivity contribution is -0.124. The van der Waals surface area contributed by atoms with Gasteiger partial charge < -0.3 is 15.5 Å². The van der Waals surface area contributed by atoms with Crippen molar-refractivity contribution in [2.45, 2.75) is 23.0 Å². The number of rotatable bonds is 7. The quantitative estimate of drug-likeness (QED) is 0.716. The molecule has 7 heteroatoms. The highest BCUT2D eigenvalue weighted by atomic mass is 32.2. The highest BCUT2D eigenvalue weighted by Crippen LogP contribution is 2.36. The number of para-hydroxylation sites is 2. The van der Waals surface area contributed by atoms with Crippen molar-refractivity contribution in [2.24, 2.45) is 0 Å². The predicted molar refractivity (Wildman–Crippen MR) is 107 cm³/mol. The molecule has 0 bridgehead atoms. The van der Waals surface area contributed by atoms with E-state index in [1.165, 1.54) is 17.8 Å². The van der Waals surface area contributed by atoms with Gasteiger partial charge in [0.2, 0.25) is 11.8 Å². The molecule has 0 saturated heterocycles. The molecule has 3 rings (SSSR count). The fourth-order valence-corrected chi connectivity index (χ4v) is 4.00. The monoisotopic (exact) mass is 387 g/mol. The molecule has 0 saturated carbocycles. The van der Waals surface area contributed by atoms with Crippen molar-refractivity contribution in [3.63, 3.8) is 0 Å². The molecule has 0 aliphatic carbocycles. The number of anilines is 2. The van der Waals surface area contributed by atoms with E-state index >= 15 is 0 Å². The Balaban J connectivity index is 1.41. The lowest BCUT2D eigenvalue weighted by Crippen LogP contribution is -2.35. The van der Waals surface area contributed by atoms with E-state index in [1.54, 1.807) is 18.2 Å². The van der Waals surface area contributed by atoms with E-state index < -0.39 is 5.25 Å². The van der Waals surface area contributed by atoms with Crippen molar-refractivity contribution >= 4 is 35.0 Å². The predicted octanol–water partition coefficient (Wildman–Crippen LogP) is 3.27. The minimum atomic E-state index is -0.430. The minimum absolute atomic E-state index is 0.133. The van der Waals surface area contributed by atoms with Crippen LogP contribution in [0.1, 0.15) is 12.8 Å². The Bertz CT molecular complexity index is 830. The Kier molecular flexibility index (Phi) is 6.34. The lowest BCUT2D eigenvalue weighted by atomic mass is 10.2. The molecule has 1 aliphatic heterocycles. The first-order chi connectivity index (χ1) is 13.0. The second-order valence-electron chi connectivity index (χ2n) is 6.37. The Morgan fingerprint density at radius 2 is 1.96 bits per heavy atom. The van der Waals surface area contributed by atoms with Gasteiger partial charge in [-0.15, -0.1) is 11.8 Å². The molecule has 142 valence electrons. The van der Waals surface area contributed by atoms with E-state index in [-0.39, 0.29) is 24.1 Å². The number of carbonyl (C=O) groups excluding carboxylic acids is 2. The second kappa shape index (κ2) is 8.90. The van der Waals surface area contributed by atoms with Crippen LogP contribution in [0.2, 0.25) is 0 Å². The van der Waals surface area contributed by atoms with Crippen molar-refractivity contribution in [2.75, 3.05) is 30.4 Å². The molecular formula is C20H22FN3O2S. The summed E-state index contributed by atoms with van der Waals surface area (Å²) in [6.07, 6.45) is 0.817. The highest BCUT2D eigenvalue weighted by Gasteiger charge is 2.28. The molecule has 2 amide bonds. The van der Waals surface area contributed by atoms with Crippen LogP contribution in [0.5, 0.6) is 0 Å². The van der Waals surface area contributed by atoms with Gasteiger partial charge in [-0.3, -0.25) is 9.59 Å². The van der Waals surface area contributed by atoms with Crippen LogP contribution < -0.4 is 15.5 Å². The molecule has 1 aliphatic rings. The number of halogens is 1. The van der Waals surface area contributed by atoms with E-state index in [0.717, 1.165) is 10.6 Å². The number of carbonyl (C=O) groups is 2. The van der Waals surface area contributed by atoms with Gasteiger partial charge in [-0.25, -0.2) is 4.39 Å². The summed E-state index contributed by atoms with van der Waals surface area (Å²) >= 11 is 1.41. The molecule has 1 heterocycles. The maximum absolute atomic E-state index is 13.7. The Morgan fingerprint density at radius 3 is 2.78 bits per heavy atom. The molecule has 27 heavy (non-hydrogen) atoms. The van der Waals surface area contributed by atoms with Crippen LogP contribution in [0.4, 0.5) is 15.8 Å². The standard InChI is InChI=1S/C20H22FN3O2S/c1-24(16-9-4-2-7-14(16)21)12-6-11-22-19(25)13-18-20(26)23-15-8-3-5-10-17(15)27-18/h2-5,7-10,18H,6,11-13H2,1H3,(H,22,25)(H,23,26). The summed E-state index contributed by atoms with van der Waals surface area (Å²) in [5.74, 6) is -0.562. The third kappa shape index (κ3) is 5.01. The normalized spacial score (nSPS) is 15.6. The molecule has 2 aromatic carbocycles. The highest BCUT2D eigenvalue weighted by molar-refractivity contribution is 8.01. The fraction of sp³-hybridized carbons (Fsp3) is 0.300. The van der Waals surface area contributed by atoms with Crippen LogP contribution in [-0.2, 0) is 9.59 Å². The van der Waals surface area contributed by atoms with Crippen LogP contribution in [0.15, 0.2) is 53.4 Å². The topological polar surface area (TPSA) is 61.4 Å². The second-order valence-corrected chi connectivity index (χ2v) is 7.62. The summed E-state index contributed by atoms with van der Waals surface area (Å²) in [6.45, 7) is 1.10. The van der Waals surface area contributed by atoms with E-state index in [9.17, 15) is 14.0 Å². The van der Waals surface area contributed by atoms with E-state index in [1.807, 2.05) is 36.2 Å². The van der Waals surface area contributed by atoms with Crippen molar-refractivity contribution in [1.29, 1.82) is 0 Å². The number of hydrogen-bond acceptors (Lipinski definition) is 4. The molecule has 0 aromatic heterocycles. The molecule has 0 fully saturated rings. The van der Waals surface area contributed by atoms with Crippen molar-refractivity contribution in [3.8, 4) is 0 Å². The number of nitrogens with zero attached hydrogens (tertiary/aromatic N) is 1. The van der Waals surface area contributed by atoms with Crippen LogP contribution in [0.25, 0.3) is 0 Å². The summed E-state index contributed by atoms with van der Waals surface area (Å²) in [5.41, 5.74) is 1.33. The summed E-state index contributed by atoms with van der Waals surface area (Å²) in [6, 6.07) is 14.2. The molecule has 1 unspecified atom stereocenters. The maximum Gasteiger partial charge on any atom is 0.238 e. The van der Waals surface area contributed by atoms with Gasteiger partial charge in [0, 0.05) is 31.5 Å². The Labute approximate surface area is 162 Å². The molecule has 2 aromatic rings. The number of hydrogen-bond donors (Lipinski definition) is 2. The van der Waals surface area contributed by atoms with Gasteiger partial charge in [0.25, 0.3) is 0 Å². The summed E-state index contributed by atoms with van der Waals surface area (Å²) < 4.78 is 13.7. The van der Waals surface area contributed by atoms with Crippen molar-refractivity contribution < 1.29 is 14.0 Å². The first-order valence-electron chi connectivity index (χ1n) is 8.83. The van der Waals surface area contributed by atoms with Crippen LogP contribution in [-0.4, -0.2) is 37.2 Å². The smallest absolute Gasteiger partial charge is 0.238 e.